The van der Waals surface area contributed by atoms with Crippen molar-refractivity contribution in [1.82, 2.24) is 0 Å². The van der Waals surface area contributed by atoms with Crippen LogP contribution in [0.2, 0.25) is 5.02 Å². The lowest BCUT2D eigenvalue weighted by Gasteiger charge is -2.14. The lowest BCUT2D eigenvalue weighted by Crippen LogP contribution is -2.08. The van der Waals surface area contributed by atoms with Crippen LogP contribution in [0.5, 0.6) is 11.5 Å². The minimum atomic E-state index is -4.74. The maximum absolute atomic E-state index is 13.3. The predicted octanol–water partition coefficient (Wildman–Crippen LogP) is 5.89. The summed E-state index contributed by atoms with van der Waals surface area (Å²) in [5, 5.41) is 8.69. The fourth-order valence-corrected chi connectivity index (χ4v) is 4.62. The third kappa shape index (κ3) is 6.45. The van der Waals surface area contributed by atoms with Gasteiger partial charge in [-0.15, -0.1) is 0 Å². The highest BCUT2D eigenvalue weighted by molar-refractivity contribution is 7.90. The van der Waals surface area contributed by atoms with Crippen molar-refractivity contribution in [1.29, 1.82) is 0 Å². The van der Waals surface area contributed by atoms with Gasteiger partial charge in [0.1, 0.15) is 17.3 Å². The second kappa shape index (κ2) is 9.40. The van der Waals surface area contributed by atoms with Gasteiger partial charge < -0.3 is 9.84 Å². The summed E-state index contributed by atoms with van der Waals surface area (Å²) in [5.41, 5.74) is -1.03. The van der Waals surface area contributed by atoms with Crippen molar-refractivity contribution in [2.45, 2.75) is 23.2 Å². The van der Waals surface area contributed by atoms with Crippen LogP contribution in [0.1, 0.15) is 16.7 Å². The van der Waals surface area contributed by atoms with Crippen LogP contribution in [0.3, 0.4) is 0 Å². The molecule has 0 bridgehead atoms. The molecule has 0 amide bonds. The van der Waals surface area contributed by atoms with E-state index in [-0.39, 0.29) is 32.5 Å². The molecule has 0 aromatic heterocycles. The van der Waals surface area contributed by atoms with Crippen LogP contribution in [-0.2, 0) is 33.0 Å². The van der Waals surface area contributed by atoms with Crippen LogP contribution >= 0.6 is 11.6 Å². The normalized spacial score (nSPS) is 11.9. The first-order valence-corrected chi connectivity index (χ1v) is 11.2. The summed E-state index contributed by atoms with van der Waals surface area (Å²) in [6.45, 7) is 0. The first-order chi connectivity index (χ1) is 15.3. The fourth-order valence-electron chi connectivity index (χ4n) is 2.97. The number of halogens is 5. The quantitative estimate of drug-likeness (QED) is 0.407. The summed E-state index contributed by atoms with van der Waals surface area (Å²) in [6.07, 6.45) is -5.41. The molecule has 33 heavy (non-hydrogen) atoms. The monoisotopic (exact) mass is 502 g/mol. The van der Waals surface area contributed by atoms with Crippen molar-refractivity contribution in [3.63, 3.8) is 0 Å². The van der Waals surface area contributed by atoms with Crippen molar-refractivity contribution < 1.29 is 40.6 Å². The summed E-state index contributed by atoms with van der Waals surface area (Å²) in [7, 11) is -3.91. The van der Waals surface area contributed by atoms with E-state index >= 15 is 0 Å². The van der Waals surface area contributed by atoms with E-state index in [4.69, 9.17) is 21.4 Å². The second-order valence-corrected chi connectivity index (χ2v) is 9.41. The highest BCUT2D eigenvalue weighted by Gasteiger charge is 2.32. The fraction of sp³-hybridized carbons (Fsp3) is 0.136. The van der Waals surface area contributed by atoms with Gasteiger partial charge in [-0.1, -0.05) is 23.7 Å². The number of rotatable bonds is 7. The molecule has 3 rings (SSSR count). The van der Waals surface area contributed by atoms with Crippen molar-refractivity contribution in [2.24, 2.45) is 0 Å². The topological polar surface area (TPSA) is 80.7 Å². The maximum atomic E-state index is 13.3. The molecule has 0 radical (unpaired) electrons. The summed E-state index contributed by atoms with van der Waals surface area (Å²) in [4.78, 5) is 10.7. The molecular weight excluding hydrogens is 488 g/mol. The standard InChI is InChI=1S/C22H15ClF4O5S/c23-19-11-18(33(30,31)12-13-2-1-3-16(24)7-13)4-5-20(19)32-17-8-14(9-21(28)29)6-15(10-17)22(25,26)27/h1-8,10-11H,9,12H2,(H,28,29). The molecule has 11 heteroatoms. The molecule has 0 saturated carbocycles. The van der Waals surface area contributed by atoms with Crippen LogP contribution in [0, 0.1) is 5.82 Å². The van der Waals surface area contributed by atoms with E-state index in [9.17, 15) is 30.8 Å². The summed E-state index contributed by atoms with van der Waals surface area (Å²) >= 11 is 6.10. The Labute approximate surface area is 191 Å². The minimum absolute atomic E-state index is 0.137. The Morgan fingerprint density at radius 2 is 1.73 bits per heavy atom. The zero-order chi connectivity index (χ0) is 24.4. The SMILES string of the molecule is O=C(O)Cc1cc(Oc2ccc(S(=O)(=O)Cc3cccc(F)c3)cc2Cl)cc(C(F)(F)F)c1. The van der Waals surface area contributed by atoms with Gasteiger partial charge in [0.15, 0.2) is 9.84 Å². The van der Waals surface area contributed by atoms with Gasteiger partial charge in [0.05, 0.1) is 27.7 Å². The number of hydrogen-bond acceptors (Lipinski definition) is 4. The molecule has 0 spiro atoms. The van der Waals surface area contributed by atoms with E-state index in [1.807, 2.05) is 0 Å². The van der Waals surface area contributed by atoms with E-state index in [1.54, 1.807) is 0 Å². The minimum Gasteiger partial charge on any atom is -0.481 e. The molecule has 1 N–H and O–H groups in total. The smallest absolute Gasteiger partial charge is 0.416 e. The van der Waals surface area contributed by atoms with Gasteiger partial charge in [-0.25, -0.2) is 12.8 Å². The van der Waals surface area contributed by atoms with Gasteiger partial charge in [-0.05, 0) is 59.7 Å². The largest absolute Gasteiger partial charge is 0.481 e. The summed E-state index contributed by atoms with van der Waals surface area (Å²) < 4.78 is 83.5. The zero-order valence-electron chi connectivity index (χ0n) is 16.6. The Morgan fingerprint density at radius 1 is 1.00 bits per heavy atom. The molecule has 0 unspecified atom stereocenters. The number of benzene rings is 3. The number of aliphatic carboxylic acids is 1. The zero-order valence-corrected chi connectivity index (χ0v) is 18.1. The highest BCUT2D eigenvalue weighted by Crippen LogP contribution is 2.37. The number of alkyl halides is 3. The average Bonchev–Trinajstić information content (AvgIpc) is 2.68. The predicted molar refractivity (Wildman–Crippen MR) is 112 cm³/mol. The van der Waals surface area contributed by atoms with Crippen LogP contribution in [0.4, 0.5) is 17.6 Å². The van der Waals surface area contributed by atoms with Gasteiger partial charge in [0.25, 0.3) is 0 Å². The van der Waals surface area contributed by atoms with Crippen molar-refractivity contribution in [3.05, 3.63) is 88.2 Å². The van der Waals surface area contributed by atoms with Crippen LogP contribution in [-0.4, -0.2) is 19.5 Å². The van der Waals surface area contributed by atoms with Crippen LogP contribution < -0.4 is 4.74 Å². The van der Waals surface area contributed by atoms with Gasteiger partial charge in [0, 0.05) is 0 Å². The third-order valence-electron chi connectivity index (χ3n) is 4.38. The number of carboxylic acid groups (broad SMARTS) is 1. The average molecular weight is 503 g/mol. The number of ether oxygens (including phenoxy) is 1. The lowest BCUT2D eigenvalue weighted by molar-refractivity contribution is -0.138. The molecule has 0 aliphatic carbocycles. The number of carboxylic acids is 1. The van der Waals surface area contributed by atoms with Gasteiger partial charge >= 0.3 is 12.1 Å². The third-order valence-corrected chi connectivity index (χ3v) is 6.37. The molecule has 0 aliphatic heterocycles. The molecule has 0 aliphatic rings. The molecule has 3 aromatic carbocycles. The molecule has 0 fully saturated rings. The van der Waals surface area contributed by atoms with Gasteiger partial charge in [-0.3, -0.25) is 4.79 Å². The first-order valence-electron chi connectivity index (χ1n) is 9.21. The van der Waals surface area contributed by atoms with Crippen molar-refractivity contribution in [3.8, 4) is 11.5 Å². The van der Waals surface area contributed by atoms with E-state index in [1.165, 1.54) is 18.2 Å². The molecule has 0 atom stereocenters. The Kier molecular flexibility index (Phi) is 6.99. The summed E-state index contributed by atoms with van der Waals surface area (Å²) in [5.74, 6) is -2.87. The van der Waals surface area contributed by atoms with Gasteiger partial charge in [0.2, 0.25) is 0 Å². The molecule has 3 aromatic rings. The van der Waals surface area contributed by atoms with Gasteiger partial charge in [-0.2, -0.15) is 13.2 Å². The Morgan fingerprint density at radius 3 is 2.33 bits per heavy atom. The second-order valence-electron chi connectivity index (χ2n) is 7.02. The molecule has 0 saturated heterocycles. The van der Waals surface area contributed by atoms with E-state index in [0.717, 1.165) is 30.3 Å². The molecule has 0 heterocycles. The Bertz CT molecular complexity index is 1310. The highest BCUT2D eigenvalue weighted by atomic mass is 35.5. The number of carbonyl (C=O) groups is 1. The Hall–Kier alpha value is -3.11. The maximum Gasteiger partial charge on any atom is 0.416 e. The lowest BCUT2D eigenvalue weighted by atomic mass is 10.1. The van der Waals surface area contributed by atoms with Crippen LogP contribution in [0.15, 0.2) is 65.6 Å². The number of sulfone groups is 1. The van der Waals surface area contributed by atoms with E-state index in [2.05, 4.69) is 0 Å². The molecular formula is C22H15ClF4O5S. The van der Waals surface area contributed by atoms with E-state index < -0.39 is 45.5 Å². The number of hydrogen-bond donors (Lipinski definition) is 1. The Balaban J connectivity index is 1.89. The summed E-state index contributed by atoms with van der Waals surface area (Å²) in [6, 6.07) is 11.0. The van der Waals surface area contributed by atoms with Crippen molar-refractivity contribution >= 4 is 27.4 Å². The molecule has 174 valence electrons. The molecule has 5 nitrogen and oxygen atoms in total. The van der Waals surface area contributed by atoms with Crippen molar-refractivity contribution in [2.75, 3.05) is 0 Å². The van der Waals surface area contributed by atoms with E-state index in [0.29, 0.717) is 12.1 Å². The van der Waals surface area contributed by atoms with Crippen LogP contribution in [0.25, 0.3) is 0 Å². The first kappa shape index (κ1) is 24.5.